The highest BCUT2D eigenvalue weighted by molar-refractivity contribution is 7.45. The Kier molecular flexibility index (Phi) is 62.9. The van der Waals surface area contributed by atoms with Crippen molar-refractivity contribution in [3.05, 3.63) is 36.5 Å². The number of nitrogens with one attached hydrogen (secondary N) is 1. The number of likely N-dealkylation sites (N-methyl/N-ethyl adjacent to an activating group) is 1. The van der Waals surface area contributed by atoms with E-state index in [0.717, 1.165) is 64.2 Å². The molecule has 9 nitrogen and oxygen atoms in total. The standard InChI is InChI=1S/C74H143N2O7P/c1-7-10-13-16-19-22-25-28-30-32-34-35-36-37-38-39-40-41-43-44-46-48-51-54-57-60-63-66-73(77)75-71(70-82-84(79,80)81-69-68-76(4,5)6)72(65-62-59-56-53-50-27-24-21-18-15-12-9-3)83-74(78)67-64-61-58-55-52-49-47-45-42-33-31-29-26-23-20-17-14-11-8-2/h19,22,28,30,62,65,71-72H,7-18,20-21,23-27,29,31-61,63-64,66-70H2,1-6H3,(H-,75,77,79,80)/b22-19-,30-28-,65-62-. The van der Waals surface area contributed by atoms with E-state index in [0.29, 0.717) is 17.4 Å². The third-order valence-electron chi connectivity index (χ3n) is 16.8. The number of nitrogens with zero attached hydrogens (tertiary/aromatic N) is 1. The first kappa shape index (κ1) is 82.2. The maximum absolute atomic E-state index is 13.6. The number of rotatable bonds is 68. The van der Waals surface area contributed by atoms with E-state index in [9.17, 15) is 19.0 Å². The van der Waals surface area contributed by atoms with Gasteiger partial charge in [-0.1, -0.05) is 334 Å². The van der Waals surface area contributed by atoms with Gasteiger partial charge in [0.25, 0.3) is 7.82 Å². The third-order valence-corrected chi connectivity index (χ3v) is 17.8. The van der Waals surface area contributed by atoms with Gasteiger partial charge in [-0.05, 0) is 63.9 Å². The molecule has 0 saturated carbocycles. The lowest BCUT2D eigenvalue weighted by Crippen LogP contribution is -2.47. The Bertz CT molecular complexity index is 1530. The Hall–Kier alpha value is -1.77. The lowest BCUT2D eigenvalue weighted by molar-refractivity contribution is -0.870. The summed E-state index contributed by atoms with van der Waals surface area (Å²) in [5, 5.41) is 3.05. The smallest absolute Gasteiger partial charge is 0.306 e. The minimum atomic E-state index is -4.70. The van der Waals surface area contributed by atoms with Crippen LogP contribution in [0.3, 0.4) is 0 Å². The zero-order chi connectivity index (χ0) is 61.4. The van der Waals surface area contributed by atoms with Gasteiger partial charge < -0.3 is 28.5 Å². The summed E-state index contributed by atoms with van der Waals surface area (Å²) in [6, 6.07) is -0.884. The number of unbranched alkanes of at least 4 members (excludes halogenated alkanes) is 48. The van der Waals surface area contributed by atoms with Crippen LogP contribution in [0.1, 0.15) is 374 Å². The second kappa shape index (κ2) is 64.2. The number of quaternary nitrogens is 1. The van der Waals surface area contributed by atoms with E-state index < -0.39 is 20.0 Å². The largest absolute Gasteiger partial charge is 0.756 e. The summed E-state index contributed by atoms with van der Waals surface area (Å²) in [6.07, 6.45) is 79.9. The molecule has 3 unspecified atom stereocenters. The Morgan fingerprint density at radius 2 is 0.726 bits per heavy atom. The topological polar surface area (TPSA) is 114 Å². The molecule has 3 atom stereocenters. The molecule has 10 heteroatoms. The molecule has 1 amide bonds. The van der Waals surface area contributed by atoms with Crippen LogP contribution in [-0.2, 0) is 27.9 Å². The fourth-order valence-electron chi connectivity index (χ4n) is 11.1. The summed E-state index contributed by atoms with van der Waals surface area (Å²) in [7, 11) is 1.21. The van der Waals surface area contributed by atoms with Gasteiger partial charge in [0.05, 0.1) is 33.8 Å². The van der Waals surface area contributed by atoms with Crippen molar-refractivity contribution in [2.24, 2.45) is 0 Å². The van der Waals surface area contributed by atoms with Gasteiger partial charge in [-0.2, -0.15) is 0 Å². The quantitative estimate of drug-likeness (QED) is 0.0212. The van der Waals surface area contributed by atoms with E-state index in [4.69, 9.17) is 13.8 Å². The van der Waals surface area contributed by atoms with Gasteiger partial charge in [-0.3, -0.25) is 14.2 Å². The van der Waals surface area contributed by atoms with Crippen LogP contribution < -0.4 is 10.2 Å². The number of hydrogen-bond acceptors (Lipinski definition) is 7. The average Bonchev–Trinajstić information content (AvgIpc) is 3.64. The van der Waals surface area contributed by atoms with E-state index in [2.05, 4.69) is 50.4 Å². The van der Waals surface area contributed by atoms with Crippen LogP contribution in [0.5, 0.6) is 0 Å². The molecule has 0 aromatic rings. The maximum atomic E-state index is 13.6. The number of esters is 1. The van der Waals surface area contributed by atoms with Gasteiger partial charge >= 0.3 is 5.97 Å². The molecule has 84 heavy (non-hydrogen) atoms. The molecule has 0 heterocycles. The SMILES string of the molecule is CCCCC/C=C\C/C=C\CCCCCCCCCCCCCCCCCCCC(=O)NC(COP(=O)([O-])OCC[N+](C)(C)C)C(/C=C\CCCCCCCCCCCC)OC(=O)CCCCCCCCCCCCCCCCCCCCC. The van der Waals surface area contributed by atoms with Gasteiger partial charge in [0.2, 0.25) is 5.91 Å². The zero-order valence-corrected chi connectivity index (χ0v) is 57.8. The summed E-state index contributed by atoms with van der Waals surface area (Å²) >= 11 is 0. The highest BCUT2D eigenvalue weighted by Crippen LogP contribution is 2.38. The number of allylic oxidation sites excluding steroid dienone is 5. The molecule has 0 aromatic carbocycles. The van der Waals surface area contributed by atoms with E-state index in [1.165, 1.54) is 276 Å². The van der Waals surface area contributed by atoms with Crippen molar-refractivity contribution in [3.63, 3.8) is 0 Å². The van der Waals surface area contributed by atoms with Crippen LogP contribution in [0.15, 0.2) is 36.5 Å². The van der Waals surface area contributed by atoms with Crippen LogP contribution in [0.4, 0.5) is 0 Å². The Morgan fingerprint density at radius 1 is 0.417 bits per heavy atom. The predicted molar refractivity (Wildman–Crippen MR) is 363 cm³/mol. The van der Waals surface area contributed by atoms with Crippen molar-refractivity contribution in [1.82, 2.24) is 5.32 Å². The fraction of sp³-hybridized carbons (Fsp3) is 0.892. The minimum Gasteiger partial charge on any atom is -0.756 e. The molecule has 1 N–H and O–H groups in total. The van der Waals surface area contributed by atoms with Gasteiger partial charge in [0.1, 0.15) is 19.3 Å². The molecule has 0 radical (unpaired) electrons. The number of carbonyl (C=O) groups is 2. The fourth-order valence-corrected chi connectivity index (χ4v) is 11.9. The third kappa shape index (κ3) is 64.7. The highest BCUT2D eigenvalue weighted by Gasteiger charge is 2.27. The molecule has 0 rings (SSSR count). The molecule has 0 fully saturated rings. The van der Waals surface area contributed by atoms with Crippen molar-refractivity contribution >= 4 is 19.7 Å². The molecule has 0 aromatic heterocycles. The Balaban J connectivity index is 4.96. The average molecular weight is 1200 g/mol. The lowest BCUT2D eigenvalue weighted by Gasteiger charge is -2.30. The maximum Gasteiger partial charge on any atom is 0.306 e. The number of phosphoric ester groups is 1. The molecule has 0 aliphatic rings. The molecule has 0 aliphatic carbocycles. The second-order valence-electron chi connectivity index (χ2n) is 26.5. The van der Waals surface area contributed by atoms with Crippen molar-refractivity contribution in [2.45, 2.75) is 386 Å². The van der Waals surface area contributed by atoms with Gasteiger partial charge in [-0.25, -0.2) is 0 Å². The number of amides is 1. The number of ether oxygens (including phenoxy) is 1. The van der Waals surface area contributed by atoms with Crippen molar-refractivity contribution < 1.29 is 37.3 Å². The van der Waals surface area contributed by atoms with E-state index in [1.807, 2.05) is 33.3 Å². The molecular formula is C74H143N2O7P. The summed E-state index contributed by atoms with van der Waals surface area (Å²) < 4.78 is 30.5. The second-order valence-corrected chi connectivity index (χ2v) is 27.9. The zero-order valence-electron chi connectivity index (χ0n) is 56.9. The summed E-state index contributed by atoms with van der Waals surface area (Å²) in [4.78, 5) is 40.2. The molecule has 0 aliphatic heterocycles. The van der Waals surface area contributed by atoms with Crippen LogP contribution in [-0.4, -0.2) is 69.4 Å². The normalized spacial score (nSPS) is 13.7. The van der Waals surface area contributed by atoms with Crippen LogP contribution >= 0.6 is 7.82 Å². The number of hydrogen-bond donors (Lipinski definition) is 1. The van der Waals surface area contributed by atoms with Crippen LogP contribution in [0.2, 0.25) is 0 Å². The molecule has 0 spiro atoms. The lowest BCUT2D eigenvalue weighted by atomic mass is 10.0. The molecule has 0 bridgehead atoms. The van der Waals surface area contributed by atoms with Gasteiger partial charge in [-0.15, -0.1) is 0 Å². The highest BCUT2D eigenvalue weighted by atomic mass is 31.2. The van der Waals surface area contributed by atoms with E-state index >= 15 is 0 Å². The monoisotopic (exact) mass is 1200 g/mol. The summed E-state index contributed by atoms with van der Waals surface area (Å²) in [5.74, 6) is -0.518. The summed E-state index contributed by atoms with van der Waals surface area (Å²) in [6.45, 7) is 6.89. The van der Waals surface area contributed by atoms with Gasteiger partial charge in [0, 0.05) is 12.8 Å². The van der Waals surface area contributed by atoms with Crippen LogP contribution in [0.25, 0.3) is 0 Å². The summed E-state index contributed by atoms with van der Waals surface area (Å²) in [5.41, 5.74) is 0. The molecular weight excluding hydrogens is 1060 g/mol. The first-order chi connectivity index (χ1) is 40.9. The van der Waals surface area contributed by atoms with E-state index in [-0.39, 0.29) is 31.5 Å². The molecule has 0 saturated heterocycles. The van der Waals surface area contributed by atoms with Crippen molar-refractivity contribution in [3.8, 4) is 0 Å². The van der Waals surface area contributed by atoms with Gasteiger partial charge in [0.15, 0.2) is 0 Å². The number of phosphoric acid groups is 1. The Morgan fingerprint density at radius 3 is 1.10 bits per heavy atom. The van der Waals surface area contributed by atoms with E-state index in [1.54, 1.807) is 0 Å². The van der Waals surface area contributed by atoms with Crippen molar-refractivity contribution in [2.75, 3.05) is 40.9 Å². The first-order valence-electron chi connectivity index (χ1n) is 36.8. The first-order valence-corrected chi connectivity index (χ1v) is 38.3. The predicted octanol–water partition coefficient (Wildman–Crippen LogP) is 22.8. The minimum absolute atomic E-state index is 0.0186. The van der Waals surface area contributed by atoms with Crippen LogP contribution in [0, 0.1) is 0 Å². The number of carbonyl (C=O) groups excluding carboxylic acids is 2. The molecule has 496 valence electrons. The Labute approximate surface area is 523 Å². The van der Waals surface area contributed by atoms with Crippen molar-refractivity contribution in [1.29, 1.82) is 0 Å².